The lowest BCUT2D eigenvalue weighted by Gasteiger charge is -2.07. The number of hydrogen-bond donors (Lipinski definition) is 1. The number of ether oxygens (including phenoxy) is 1. The van der Waals surface area contributed by atoms with Crippen LogP contribution in [0.2, 0.25) is 0 Å². The summed E-state index contributed by atoms with van der Waals surface area (Å²) in [5, 5.41) is 8.53. The molecule has 1 aromatic rings. The van der Waals surface area contributed by atoms with Crippen LogP contribution in [0, 0.1) is 6.92 Å². The van der Waals surface area contributed by atoms with Crippen molar-refractivity contribution in [1.29, 1.82) is 0 Å². The van der Waals surface area contributed by atoms with Crippen LogP contribution in [-0.2, 0) is 4.79 Å². The standard InChI is InChI=1S/C11H11BrO3/c1-7-5-8(3-4-11(13)14)10(15-2)6-9(7)12/h3-6H,1-2H3,(H,13,14)/b4-3+. The Morgan fingerprint density at radius 3 is 2.73 bits per heavy atom. The zero-order valence-electron chi connectivity index (χ0n) is 8.45. The van der Waals surface area contributed by atoms with Crippen molar-refractivity contribution in [3.63, 3.8) is 0 Å². The zero-order valence-corrected chi connectivity index (χ0v) is 10.0. The van der Waals surface area contributed by atoms with E-state index >= 15 is 0 Å². The SMILES string of the molecule is COc1cc(Br)c(C)cc1/C=C/C(=O)O. The first-order chi connectivity index (χ1) is 7.04. The number of benzene rings is 1. The maximum Gasteiger partial charge on any atom is 0.328 e. The summed E-state index contributed by atoms with van der Waals surface area (Å²) in [6.07, 6.45) is 2.60. The highest BCUT2D eigenvalue weighted by molar-refractivity contribution is 9.10. The van der Waals surface area contributed by atoms with E-state index in [0.717, 1.165) is 21.7 Å². The number of hydrogen-bond acceptors (Lipinski definition) is 2. The number of carboxylic acid groups (broad SMARTS) is 1. The van der Waals surface area contributed by atoms with E-state index in [4.69, 9.17) is 9.84 Å². The second kappa shape index (κ2) is 4.98. The number of aliphatic carboxylic acids is 1. The number of carbonyl (C=O) groups is 1. The minimum atomic E-state index is -0.974. The molecule has 0 bridgehead atoms. The van der Waals surface area contributed by atoms with Crippen molar-refractivity contribution in [2.24, 2.45) is 0 Å². The average molecular weight is 271 g/mol. The summed E-state index contributed by atoms with van der Waals surface area (Å²) < 4.78 is 6.08. The molecule has 80 valence electrons. The summed E-state index contributed by atoms with van der Waals surface area (Å²) in [4.78, 5) is 10.4. The van der Waals surface area contributed by atoms with Crippen LogP contribution in [0.1, 0.15) is 11.1 Å². The highest BCUT2D eigenvalue weighted by Crippen LogP contribution is 2.27. The van der Waals surface area contributed by atoms with E-state index in [1.165, 1.54) is 6.08 Å². The normalized spacial score (nSPS) is 10.6. The van der Waals surface area contributed by atoms with E-state index in [9.17, 15) is 4.79 Å². The van der Waals surface area contributed by atoms with Gasteiger partial charge in [0.25, 0.3) is 0 Å². The fourth-order valence-electron chi connectivity index (χ4n) is 1.15. The van der Waals surface area contributed by atoms with E-state index in [2.05, 4.69) is 15.9 Å². The predicted molar refractivity (Wildman–Crippen MR) is 62.1 cm³/mol. The number of aryl methyl sites for hydroxylation is 1. The van der Waals surface area contributed by atoms with Crippen molar-refractivity contribution >= 4 is 28.0 Å². The summed E-state index contributed by atoms with van der Waals surface area (Å²) >= 11 is 3.38. The van der Waals surface area contributed by atoms with Gasteiger partial charge in [0.1, 0.15) is 5.75 Å². The van der Waals surface area contributed by atoms with Crippen LogP contribution in [0.5, 0.6) is 5.75 Å². The molecule has 4 heteroatoms. The summed E-state index contributed by atoms with van der Waals surface area (Å²) in [5.41, 5.74) is 1.78. The van der Waals surface area contributed by atoms with Gasteiger partial charge in [-0.1, -0.05) is 15.9 Å². The van der Waals surface area contributed by atoms with Crippen LogP contribution in [0.15, 0.2) is 22.7 Å². The maximum absolute atomic E-state index is 10.4. The van der Waals surface area contributed by atoms with E-state index in [1.807, 2.05) is 19.1 Å². The molecule has 0 amide bonds. The lowest BCUT2D eigenvalue weighted by atomic mass is 10.1. The van der Waals surface area contributed by atoms with E-state index in [1.54, 1.807) is 7.11 Å². The lowest BCUT2D eigenvalue weighted by Crippen LogP contribution is -1.91. The second-order valence-corrected chi connectivity index (χ2v) is 3.87. The molecule has 1 rings (SSSR count). The molecule has 0 saturated carbocycles. The minimum absolute atomic E-state index is 0.643. The van der Waals surface area contributed by atoms with Gasteiger partial charge in [-0.2, -0.15) is 0 Å². The molecule has 0 atom stereocenters. The Balaban J connectivity index is 3.16. The van der Waals surface area contributed by atoms with Crippen molar-refractivity contribution in [3.8, 4) is 5.75 Å². The lowest BCUT2D eigenvalue weighted by molar-refractivity contribution is -0.131. The Morgan fingerprint density at radius 1 is 1.53 bits per heavy atom. The quantitative estimate of drug-likeness (QED) is 0.860. The predicted octanol–water partition coefficient (Wildman–Crippen LogP) is 2.86. The Hall–Kier alpha value is -1.29. The van der Waals surface area contributed by atoms with Gasteiger partial charge in [-0.05, 0) is 30.7 Å². The van der Waals surface area contributed by atoms with Gasteiger partial charge >= 0.3 is 5.97 Å². The molecule has 0 unspecified atom stereocenters. The Kier molecular flexibility index (Phi) is 3.91. The van der Waals surface area contributed by atoms with Gasteiger partial charge in [0.15, 0.2) is 0 Å². The number of methoxy groups -OCH3 is 1. The first-order valence-corrected chi connectivity index (χ1v) is 5.09. The molecule has 0 aliphatic carbocycles. The molecule has 0 radical (unpaired) electrons. The van der Waals surface area contributed by atoms with Crippen LogP contribution in [-0.4, -0.2) is 18.2 Å². The Bertz CT molecular complexity index is 411. The van der Waals surface area contributed by atoms with Gasteiger partial charge in [-0.25, -0.2) is 4.79 Å². The summed E-state index contributed by atoms with van der Waals surface area (Å²) in [7, 11) is 1.55. The Morgan fingerprint density at radius 2 is 2.20 bits per heavy atom. The third-order valence-corrected chi connectivity index (χ3v) is 2.77. The molecule has 0 aliphatic heterocycles. The number of halogens is 1. The highest BCUT2D eigenvalue weighted by Gasteiger charge is 2.04. The molecule has 0 heterocycles. The summed E-state index contributed by atoms with van der Waals surface area (Å²) in [6, 6.07) is 3.68. The van der Waals surface area contributed by atoms with Crippen molar-refractivity contribution in [1.82, 2.24) is 0 Å². The first-order valence-electron chi connectivity index (χ1n) is 4.29. The van der Waals surface area contributed by atoms with Crippen LogP contribution < -0.4 is 4.74 Å². The van der Waals surface area contributed by atoms with Crippen molar-refractivity contribution < 1.29 is 14.6 Å². The molecule has 0 fully saturated rings. The van der Waals surface area contributed by atoms with Gasteiger partial charge in [0.05, 0.1) is 7.11 Å². The van der Waals surface area contributed by atoms with E-state index in [0.29, 0.717) is 5.75 Å². The van der Waals surface area contributed by atoms with Gasteiger partial charge in [0.2, 0.25) is 0 Å². The molecule has 1 aromatic carbocycles. The monoisotopic (exact) mass is 270 g/mol. The van der Waals surface area contributed by atoms with Crippen LogP contribution in [0.25, 0.3) is 6.08 Å². The van der Waals surface area contributed by atoms with Gasteiger partial charge < -0.3 is 9.84 Å². The van der Waals surface area contributed by atoms with E-state index in [-0.39, 0.29) is 0 Å². The van der Waals surface area contributed by atoms with Gasteiger partial charge in [-0.15, -0.1) is 0 Å². The van der Waals surface area contributed by atoms with Crippen molar-refractivity contribution in [2.45, 2.75) is 6.92 Å². The molecule has 0 aromatic heterocycles. The summed E-state index contributed by atoms with van der Waals surface area (Å²) in [6.45, 7) is 1.93. The van der Waals surface area contributed by atoms with Gasteiger partial charge in [0, 0.05) is 16.1 Å². The number of carboxylic acids is 1. The smallest absolute Gasteiger partial charge is 0.328 e. The second-order valence-electron chi connectivity index (χ2n) is 3.01. The first kappa shape index (κ1) is 11.8. The van der Waals surface area contributed by atoms with Crippen molar-refractivity contribution in [3.05, 3.63) is 33.8 Å². The molecule has 0 saturated heterocycles. The topological polar surface area (TPSA) is 46.5 Å². The van der Waals surface area contributed by atoms with Crippen LogP contribution in [0.3, 0.4) is 0 Å². The number of rotatable bonds is 3. The third-order valence-electron chi connectivity index (χ3n) is 1.92. The summed E-state index contributed by atoms with van der Waals surface area (Å²) in [5.74, 6) is -0.331. The third kappa shape index (κ3) is 3.09. The zero-order chi connectivity index (χ0) is 11.4. The highest BCUT2D eigenvalue weighted by atomic mass is 79.9. The van der Waals surface area contributed by atoms with E-state index < -0.39 is 5.97 Å². The maximum atomic E-state index is 10.4. The molecule has 15 heavy (non-hydrogen) atoms. The fraction of sp³-hybridized carbons (Fsp3) is 0.182. The van der Waals surface area contributed by atoms with Gasteiger partial charge in [-0.3, -0.25) is 0 Å². The molecular formula is C11H11BrO3. The minimum Gasteiger partial charge on any atom is -0.496 e. The Labute approximate surface area is 96.5 Å². The van der Waals surface area contributed by atoms with Crippen molar-refractivity contribution in [2.75, 3.05) is 7.11 Å². The van der Waals surface area contributed by atoms with Crippen LogP contribution in [0.4, 0.5) is 0 Å². The average Bonchev–Trinajstić information content (AvgIpc) is 2.19. The molecule has 0 spiro atoms. The molecule has 0 aliphatic rings. The molecular weight excluding hydrogens is 260 g/mol. The van der Waals surface area contributed by atoms with Crippen LogP contribution >= 0.6 is 15.9 Å². The molecule has 3 nitrogen and oxygen atoms in total. The molecule has 1 N–H and O–H groups in total. The largest absolute Gasteiger partial charge is 0.496 e. The fourth-order valence-corrected chi connectivity index (χ4v) is 1.48.